The highest BCUT2D eigenvalue weighted by molar-refractivity contribution is 7.14. The minimum Gasteiger partial charge on any atom is -0.406 e. The molecule has 1 amide bonds. The predicted octanol–water partition coefficient (Wildman–Crippen LogP) is 4.76. The highest BCUT2D eigenvalue weighted by Crippen LogP contribution is 2.32. The van der Waals surface area contributed by atoms with E-state index in [0.29, 0.717) is 41.4 Å². The van der Waals surface area contributed by atoms with Gasteiger partial charge in [0.05, 0.1) is 6.04 Å². The van der Waals surface area contributed by atoms with E-state index in [1.807, 2.05) is 31.2 Å². The van der Waals surface area contributed by atoms with Crippen LogP contribution in [0, 0.1) is 0 Å². The summed E-state index contributed by atoms with van der Waals surface area (Å²) >= 11 is 1.21. The summed E-state index contributed by atoms with van der Waals surface area (Å²) in [6, 6.07) is 12.9. The summed E-state index contributed by atoms with van der Waals surface area (Å²) in [4.78, 5) is 12.3. The molecule has 1 heterocycles. The molecule has 3 rings (SSSR count). The first-order chi connectivity index (χ1) is 15.3. The fourth-order valence-electron chi connectivity index (χ4n) is 3.13. The van der Waals surface area contributed by atoms with Crippen LogP contribution >= 0.6 is 11.3 Å². The van der Waals surface area contributed by atoms with Crippen LogP contribution in [0.1, 0.15) is 41.9 Å². The van der Waals surface area contributed by atoms with Crippen molar-refractivity contribution in [1.29, 1.82) is 0 Å². The van der Waals surface area contributed by atoms with E-state index < -0.39 is 12.4 Å². The van der Waals surface area contributed by atoms with Gasteiger partial charge in [-0.25, -0.2) is 0 Å². The van der Waals surface area contributed by atoms with Gasteiger partial charge in [-0.1, -0.05) is 54.7 Å². The second-order valence-corrected chi connectivity index (χ2v) is 8.13. The zero-order chi connectivity index (χ0) is 23.1. The van der Waals surface area contributed by atoms with Gasteiger partial charge in [0.25, 0.3) is 0 Å². The average molecular weight is 465 g/mol. The zero-order valence-corrected chi connectivity index (χ0v) is 18.2. The van der Waals surface area contributed by atoms with Crippen molar-refractivity contribution in [3.63, 3.8) is 0 Å². The molecule has 3 aromatic rings. The summed E-state index contributed by atoms with van der Waals surface area (Å²) in [6.07, 6.45) is -3.22. The monoisotopic (exact) mass is 464 g/mol. The highest BCUT2D eigenvalue weighted by Gasteiger charge is 2.31. The standard InChI is InChI=1S/C22H23F3N4O2S/c1-2-5-19(30)27-18(11-14-6-3-7-15(10-14)13-26)21-29-28-20(32-21)16-8-4-9-17(12-16)31-22(23,24)25/h3-4,6-10,12,18H,2,5,11,13,26H2,1H3,(H,27,30). The number of benzene rings is 2. The van der Waals surface area contributed by atoms with Gasteiger partial charge in [0.2, 0.25) is 5.91 Å². The van der Waals surface area contributed by atoms with Crippen LogP contribution in [0.5, 0.6) is 5.75 Å². The quantitative estimate of drug-likeness (QED) is 0.476. The fraction of sp³-hybridized carbons (Fsp3) is 0.318. The van der Waals surface area contributed by atoms with E-state index in [1.165, 1.54) is 29.5 Å². The van der Waals surface area contributed by atoms with Gasteiger partial charge in [0, 0.05) is 18.5 Å². The summed E-state index contributed by atoms with van der Waals surface area (Å²) in [5.41, 5.74) is 8.12. The maximum Gasteiger partial charge on any atom is 0.573 e. The molecule has 0 bridgehead atoms. The Morgan fingerprint density at radius 2 is 1.91 bits per heavy atom. The van der Waals surface area contributed by atoms with Crippen LogP contribution in [0.4, 0.5) is 13.2 Å². The predicted molar refractivity (Wildman–Crippen MR) is 116 cm³/mol. The van der Waals surface area contributed by atoms with Gasteiger partial charge in [-0.2, -0.15) is 0 Å². The Morgan fingerprint density at radius 3 is 2.62 bits per heavy atom. The molecule has 0 radical (unpaired) electrons. The second-order valence-electron chi connectivity index (χ2n) is 7.12. The second kappa shape index (κ2) is 10.6. The first-order valence-electron chi connectivity index (χ1n) is 10.0. The molecular weight excluding hydrogens is 441 g/mol. The maximum absolute atomic E-state index is 12.5. The van der Waals surface area contributed by atoms with Crippen molar-refractivity contribution in [3.05, 3.63) is 64.7 Å². The summed E-state index contributed by atoms with van der Waals surface area (Å²) in [7, 11) is 0. The van der Waals surface area contributed by atoms with Gasteiger partial charge in [-0.05, 0) is 36.1 Å². The van der Waals surface area contributed by atoms with Crippen molar-refractivity contribution in [1.82, 2.24) is 15.5 Å². The molecule has 1 atom stereocenters. The third kappa shape index (κ3) is 6.76. The number of ether oxygens (including phenoxy) is 1. The molecule has 10 heteroatoms. The third-order valence-corrected chi connectivity index (χ3v) is 5.62. The van der Waals surface area contributed by atoms with Crippen molar-refractivity contribution < 1.29 is 22.7 Å². The lowest BCUT2D eigenvalue weighted by Crippen LogP contribution is -2.29. The molecule has 170 valence electrons. The van der Waals surface area contributed by atoms with Gasteiger partial charge in [-0.15, -0.1) is 23.4 Å². The number of carbonyl (C=O) groups excluding carboxylic acids is 1. The van der Waals surface area contributed by atoms with Gasteiger partial charge < -0.3 is 15.8 Å². The van der Waals surface area contributed by atoms with Gasteiger partial charge >= 0.3 is 6.36 Å². The summed E-state index contributed by atoms with van der Waals surface area (Å²) in [5, 5.41) is 12.3. The van der Waals surface area contributed by atoms with E-state index in [0.717, 1.165) is 11.1 Å². The van der Waals surface area contributed by atoms with Gasteiger partial charge in [-0.3, -0.25) is 4.79 Å². The Balaban J connectivity index is 1.86. The number of nitrogens with two attached hydrogens (primary N) is 1. The molecule has 6 nitrogen and oxygen atoms in total. The van der Waals surface area contributed by atoms with E-state index in [2.05, 4.69) is 20.3 Å². The number of alkyl halides is 3. The molecule has 0 aliphatic carbocycles. The summed E-state index contributed by atoms with van der Waals surface area (Å²) in [5.74, 6) is -0.442. The molecule has 32 heavy (non-hydrogen) atoms. The molecule has 0 aliphatic heterocycles. The number of nitrogens with zero attached hydrogens (tertiary/aromatic N) is 2. The highest BCUT2D eigenvalue weighted by atomic mass is 32.1. The molecule has 1 aromatic heterocycles. The van der Waals surface area contributed by atoms with Crippen molar-refractivity contribution in [2.45, 2.75) is 45.1 Å². The number of rotatable bonds is 9. The lowest BCUT2D eigenvalue weighted by molar-refractivity contribution is -0.274. The lowest BCUT2D eigenvalue weighted by Gasteiger charge is -2.16. The fourth-order valence-corrected chi connectivity index (χ4v) is 4.02. The number of hydrogen-bond acceptors (Lipinski definition) is 6. The number of carbonyl (C=O) groups is 1. The van der Waals surface area contributed by atoms with E-state index in [-0.39, 0.29) is 11.7 Å². The van der Waals surface area contributed by atoms with Gasteiger partial charge in [0.15, 0.2) is 0 Å². The van der Waals surface area contributed by atoms with E-state index in [9.17, 15) is 18.0 Å². The molecule has 1 unspecified atom stereocenters. The van der Waals surface area contributed by atoms with Crippen LogP contribution in [0.2, 0.25) is 0 Å². The topological polar surface area (TPSA) is 90.1 Å². The van der Waals surface area contributed by atoms with Crippen molar-refractivity contribution >= 4 is 17.2 Å². The summed E-state index contributed by atoms with van der Waals surface area (Å²) < 4.78 is 41.6. The minimum absolute atomic E-state index is 0.107. The average Bonchev–Trinajstić information content (AvgIpc) is 3.23. The third-order valence-electron chi connectivity index (χ3n) is 4.53. The number of hydrogen-bond donors (Lipinski definition) is 2. The summed E-state index contributed by atoms with van der Waals surface area (Å²) in [6.45, 7) is 2.32. The lowest BCUT2D eigenvalue weighted by atomic mass is 10.0. The molecule has 0 spiro atoms. The molecule has 0 aliphatic rings. The normalized spacial score (nSPS) is 12.4. The first-order valence-corrected chi connectivity index (χ1v) is 10.9. The number of aromatic nitrogens is 2. The Labute approximate surface area is 187 Å². The largest absolute Gasteiger partial charge is 0.573 e. The molecule has 0 saturated carbocycles. The van der Waals surface area contributed by atoms with Crippen LogP contribution in [0.15, 0.2) is 48.5 Å². The SMILES string of the molecule is CCCC(=O)NC(Cc1cccc(CN)c1)c1nnc(-c2cccc(OC(F)(F)F)c2)s1. The van der Waals surface area contributed by atoms with Gasteiger partial charge in [0.1, 0.15) is 15.8 Å². The molecule has 3 N–H and O–H groups in total. The zero-order valence-electron chi connectivity index (χ0n) is 17.4. The molecular formula is C22H23F3N4O2S. The molecule has 0 saturated heterocycles. The first kappa shape index (κ1) is 23.7. The van der Waals surface area contributed by atoms with E-state index in [1.54, 1.807) is 6.07 Å². The van der Waals surface area contributed by atoms with Crippen LogP contribution in [-0.2, 0) is 17.8 Å². The number of nitrogens with one attached hydrogen (secondary N) is 1. The Kier molecular flexibility index (Phi) is 7.81. The number of halogens is 3. The van der Waals surface area contributed by atoms with Crippen LogP contribution in [0.25, 0.3) is 10.6 Å². The van der Waals surface area contributed by atoms with Crippen molar-refractivity contribution in [3.8, 4) is 16.3 Å². The molecule has 0 fully saturated rings. The van der Waals surface area contributed by atoms with Crippen molar-refractivity contribution in [2.24, 2.45) is 5.73 Å². The number of amides is 1. The van der Waals surface area contributed by atoms with Crippen LogP contribution in [0.3, 0.4) is 0 Å². The van der Waals surface area contributed by atoms with E-state index >= 15 is 0 Å². The van der Waals surface area contributed by atoms with Crippen molar-refractivity contribution in [2.75, 3.05) is 0 Å². The van der Waals surface area contributed by atoms with E-state index in [4.69, 9.17) is 5.73 Å². The Bertz CT molecular complexity index is 1060. The molecule has 2 aromatic carbocycles. The van der Waals surface area contributed by atoms with Crippen LogP contribution < -0.4 is 15.8 Å². The smallest absolute Gasteiger partial charge is 0.406 e. The Morgan fingerprint density at radius 1 is 1.16 bits per heavy atom. The maximum atomic E-state index is 12.5. The Hall–Kier alpha value is -2.98. The minimum atomic E-state index is -4.78. The van der Waals surface area contributed by atoms with Crippen LogP contribution in [-0.4, -0.2) is 22.5 Å².